The first kappa shape index (κ1) is 12.4. The minimum atomic E-state index is -0.597. The Morgan fingerprint density at radius 1 is 1.29 bits per heavy atom. The molecule has 0 unspecified atom stereocenters. The lowest BCUT2D eigenvalue weighted by atomic mass is 9.76. The van der Waals surface area contributed by atoms with Crippen LogP contribution in [0.2, 0.25) is 0 Å². The van der Waals surface area contributed by atoms with E-state index in [1.807, 2.05) is 4.90 Å². The minimum absolute atomic E-state index is 0.0548. The highest BCUT2D eigenvalue weighted by atomic mass is 16.2. The summed E-state index contributed by atoms with van der Waals surface area (Å²) in [7, 11) is 1.66. The predicted molar refractivity (Wildman–Crippen MR) is 64.1 cm³/mol. The molecular formula is C12H21N3O2. The van der Waals surface area contributed by atoms with Gasteiger partial charge in [-0.3, -0.25) is 9.59 Å². The number of hydrogen-bond acceptors (Lipinski definition) is 3. The van der Waals surface area contributed by atoms with Gasteiger partial charge in [0.2, 0.25) is 11.8 Å². The van der Waals surface area contributed by atoms with Gasteiger partial charge in [-0.15, -0.1) is 0 Å². The summed E-state index contributed by atoms with van der Waals surface area (Å²) in [5.41, 5.74) is 5.43. The maximum Gasteiger partial charge on any atom is 0.242 e. The van der Waals surface area contributed by atoms with E-state index in [1.165, 1.54) is 0 Å². The van der Waals surface area contributed by atoms with Crippen LogP contribution in [0.25, 0.3) is 0 Å². The first-order valence-corrected chi connectivity index (χ1v) is 6.37. The Morgan fingerprint density at radius 3 is 2.29 bits per heavy atom. The number of likely N-dealkylation sites (tertiary alicyclic amines) is 1. The number of amides is 2. The van der Waals surface area contributed by atoms with E-state index in [0.717, 1.165) is 32.1 Å². The highest BCUT2D eigenvalue weighted by molar-refractivity contribution is 5.87. The van der Waals surface area contributed by atoms with Crippen molar-refractivity contribution in [3.63, 3.8) is 0 Å². The summed E-state index contributed by atoms with van der Waals surface area (Å²) in [6.45, 7) is 1.33. The average molecular weight is 239 g/mol. The van der Waals surface area contributed by atoms with Gasteiger partial charge in [0, 0.05) is 26.1 Å². The summed E-state index contributed by atoms with van der Waals surface area (Å²) >= 11 is 0. The summed E-state index contributed by atoms with van der Waals surface area (Å²) in [6, 6.07) is 0. The van der Waals surface area contributed by atoms with Crippen LogP contribution in [-0.4, -0.2) is 42.4 Å². The lowest BCUT2D eigenvalue weighted by Crippen LogP contribution is -2.60. The zero-order valence-electron chi connectivity index (χ0n) is 10.4. The van der Waals surface area contributed by atoms with Crippen molar-refractivity contribution in [3.05, 3.63) is 0 Å². The van der Waals surface area contributed by atoms with Gasteiger partial charge in [-0.25, -0.2) is 0 Å². The smallest absolute Gasteiger partial charge is 0.242 e. The molecule has 1 aliphatic heterocycles. The Kier molecular flexibility index (Phi) is 3.38. The topological polar surface area (TPSA) is 75.4 Å². The first-order valence-electron chi connectivity index (χ1n) is 6.37. The van der Waals surface area contributed by atoms with Gasteiger partial charge in [0.15, 0.2) is 0 Å². The molecule has 0 aromatic carbocycles. The molecule has 0 bridgehead atoms. The van der Waals surface area contributed by atoms with Gasteiger partial charge in [0.05, 0.1) is 5.54 Å². The third-order valence-electron chi connectivity index (χ3n) is 4.07. The number of nitrogens with zero attached hydrogens (tertiary/aromatic N) is 1. The van der Waals surface area contributed by atoms with Crippen molar-refractivity contribution in [1.82, 2.24) is 10.2 Å². The highest BCUT2D eigenvalue weighted by Crippen LogP contribution is 2.32. The van der Waals surface area contributed by atoms with Crippen LogP contribution in [0.5, 0.6) is 0 Å². The minimum Gasteiger partial charge on any atom is -0.359 e. The fraction of sp³-hybridized carbons (Fsp3) is 0.833. The van der Waals surface area contributed by atoms with E-state index >= 15 is 0 Å². The average Bonchev–Trinajstić information content (AvgIpc) is 2.34. The highest BCUT2D eigenvalue weighted by Gasteiger charge is 2.43. The summed E-state index contributed by atoms with van der Waals surface area (Å²) in [6.07, 6.45) is 4.17. The van der Waals surface area contributed by atoms with Crippen LogP contribution >= 0.6 is 0 Å². The van der Waals surface area contributed by atoms with Crippen molar-refractivity contribution in [2.45, 2.75) is 37.6 Å². The zero-order valence-corrected chi connectivity index (χ0v) is 10.4. The van der Waals surface area contributed by atoms with Crippen molar-refractivity contribution in [2.24, 2.45) is 11.7 Å². The molecule has 1 saturated carbocycles. The maximum absolute atomic E-state index is 12.1. The summed E-state index contributed by atoms with van der Waals surface area (Å²) in [5, 5.41) is 2.66. The molecule has 5 heteroatoms. The molecule has 2 amide bonds. The Hall–Kier alpha value is -1.10. The van der Waals surface area contributed by atoms with Crippen molar-refractivity contribution in [2.75, 3.05) is 20.1 Å². The molecular weight excluding hydrogens is 218 g/mol. The monoisotopic (exact) mass is 239 g/mol. The molecule has 0 aromatic rings. The quantitative estimate of drug-likeness (QED) is 0.704. The van der Waals surface area contributed by atoms with Crippen LogP contribution in [0.15, 0.2) is 0 Å². The number of carbonyl (C=O) groups is 2. The van der Waals surface area contributed by atoms with Gasteiger partial charge in [0.25, 0.3) is 0 Å². The number of piperidine rings is 1. The number of carbonyl (C=O) groups excluding carboxylic acids is 2. The Bertz CT molecular complexity index is 318. The third kappa shape index (κ3) is 2.29. The van der Waals surface area contributed by atoms with Crippen LogP contribution in [0.4, 0.5) is 0 Å². The van der Waals surface area contributed by atoms with Crippen LogP contribution in [-0.2, 0) is 9.59 Å². The van der Waals surface area contributed by atoms with E-state index in [4.69, 9.17) is 5.73 Å². The van der Waals surface area contributed by atoms with Gasteiger partial charge < -0.3 is 16.0 Å². The molecule has 2 rings (SSSR count). The molecule has 1 heterocycles. The van der Waals surface area contributed by atoms with E-state index in [0.29, 0.717) is 13.1 Å². The lowest BCUT2D eigenvalue weighted by Gasteiger charge is -2.42. The fourth-order valence-electron chi connectivity index (χ4n) is 2.64. The molecule has 2 aliphatic rings. The van der Waals surface area contributed by atoms with Crippen molar-refractivity contribution < 1.29 is 9.59 Å². The molecule has 0 aromatic heterocycles. The molecule has 5 nitrogen and oxygen atoms in total. The second-order valence-electron chi connectivity index (χ2n) is 5.19. The molecule has 3 N–H and O–H groups in total. The summed E-state index contributed by atoms with van der Waals surface area (Å²) in [5.74, 6) is 0.224. The van der Waals surface area contributed by atoms with E-state index in [1.54, 1.807) is 7.05 Å². The molecule has 0 spiro atoms. The molecule has 17 heavy (non-hydrogen) atoms. The van der Waals surface area contributed by atoms with Gasteiger partial charge >= 0.3 is 0 Å². The molecule has 0 radical (unpaired) electrons. The summed E-state index contributed by atoms with van der Waals surface area (Å²) < 4.78 is 0. The van der Waals surface area contributed by atoms with Crippen molar-refractivity contribution in [3.8, 4) is 0 Å². The molecule has 1 aliphatic carbocycles. The van der Waals surface area contributed by atoms with Crippen LogP contribution < -0.4 is 11.1 Å². The third-order valence-corrected chi connectivity index (χ3v) is 4.07. The predicted octanol–water partition coefficient (Wildman–Crippen LogP) is -0.148. The number of nitrogens with two attached hydrogens (primary N) is 1. The Morgan fingerprint density at radius 2 is 1.88 bits per heavy atom. The van der Waals surface area contributed by atoms with Crippen LogP contribution in [0, 0.1) is 5.92 Å². The molecule has 0 atom stereocenters. The fourth-order valence-corrected chi connectivity index (χ4v) is 2.64. The zero-order chi connectivity index (χ0) is 12.5. The van der Waals surface area contributed by atoms with E-state index in [2.05, 4.69) is 5.32 Å². The number of rotatable bonds is 2. The molecule has 2 fully saturated rings. The van der Waals surface area contributed by atoms with E-state index in [-0.39, 0.29) is 17.7 Å². The van der Waals surface area contributed by atoms with E-state index in [9.17, 15) is 9.59 Å². The normalized spacial score (nSPS) is 24.0. The largest absolute Gasteiger partial charge is 0.359 e. The van der Waals surface area contributed by atoms with Gasteiger partial charge in [-0.1, -0.05) is 0 Å². The standard InChI is InChI=1S/C12H21N3O2/c1-14-10(16)9-3-7-15(8-4-9)11(17)12(13)5-2-6-12/h9H,2-8,13H2,1H3,(H,14,16). The number of hydrogen-bond donors (Lipinski definition) is 2. The van der Waals surface area contributed by atoms with E-state index < -0.39 is 5.54 Å². The maximum atomic E-state index is 12.1. The number of nitrogens with one attached hydrogen (secondary N) is 1. The lowest BCUT2D eigenvalue weighted by molar-refractivity contribution is -0.143. The summed E-state index contributed by atoms with van der Waals surface area (Å²) in [4.78, 5) is 25.4. The van der Waals surface area contributed by atoms with Crippen molar-refractivity contribution >= 4 is 11.8 Å². The van der Waals surface area contributed by atoms with Crippen LogP contribution in [0.3, 0.4) is 0 Å². The Labute approximate surface area is 102 Å². The van der Waals surface area contributed by atoms with Crippen molar-refractivity contribution in [1.29, 1.82) is 0 Å². The molecule has 1 saturated heterocycles. The second kappa shape index (κ2) is 4.64. The SMILES string of the molecule is CNC(=O)C1CCN(C(=O)C2(N)CCC2)CC1. The Balaban J connectivity index is 1.86. The second-order valence-corrected chi connectivity index (χ2v) is 5.19. The molecule has 96 valence electrons. The van der Waals surface area contributed by atoms with Gasteiger partial charge in [-0.05, 0) is 32.1 Å². The first-order chi connectivity index (χ1) is 8.07. The van der Waals surface area contributed by atoms with Gasteiger partial charge in [-0.2, -0.15) is 0 Å². The van der Waals surface area contributed by atoms with Crippen LogP contribution in [0.1, 0.15) is 32.1 Å². The van der Waals surface area contributed by atoms with Gasteiger partial charge in [0.1, 0.15) is 0 Å².